The number of nitrogens with zero attached hydrogens (tertiary/aromatic N) is 1. The molecule has 0 aliphatic carbocycles. The monoisotopic (exact) mass is 407 g/mol. The highest BCUT2D eigenvalue weighted by atomic mass is 19.1. The van der Waals surface area contributed by atoms with E-state index in [4.69, 9.17) is 9.47 Å². The topological polar surface area (TPSA) is 93.3 Å². The van der Waals surface area contributed by atoms with Gasteiger partial charge in [0.1, 0.15) is 11.5 Å². The van der Waals surface area contributed by atoms with E-state index in [2.05, 4.69) is 15.3 Å². The Morgan fingerprint density at radius 1 is 1.30 bits per heavy atom. The van der Waals surface area contributed by atoms with E-state index in [9.17, 15) is 14.0 Å². The number of fused-ring (bicyclic) bond motifs is 1. The number of carbonyl (C=O) groups excluding carboxylic acids is 2. The first-order chi connectivity index (χ1) is 14.6. The van der Waals surface area contributed by atoms with Crippen LogP contribution in [0.2, 0.25) is 0 Å². The van der Waals surface area contributed by atoms with Crippen molar-refractivity contribution in [1.29, 1.82) is 0 Å². The molecule has 0 amide bonds. The van der Waals surface area contributed by atoms with Crippen LogP contribution in [0.1, 0.15) is 18.1 Å². The maximum Gasteiger partial charge on any atom is 0.347 e. The Morgan fingerprint density at radius 3 is 2.87 bits per heavy atom. The van der Waals surface area contributed by atoms with Crippen LogP contribution in [0.5, 0.6) is 0 Å². The third-order valence-corrected chi connectivity index (χ3v) is 4.51. The number of halogens is 1. The van der Waals surface area contributed by atoms with Crippen LogP contribution in [0.4, 0.5) is 4.39 Å². The molecule has 0 atom stereocenters. The molecule has 3 aromatic rings. The molecular formula is C22H18FN3O4. The fraction of sp³-hybridized carbons (Fsp3) is 0.136. The van der Waals surface area contributed by atoms with Gasteiger partial charge in [0, 0.05) is 29.9 Å². The zero-order chi connectivity index (χ0) is 21.1. The summed E-state index contributed by atoms with van der Waals surface area (Å²) in [6.07, 6.45) is 4.91. The van der Waals surface area contributed by atoms with Gasteiger partial charge in [0.25, 0.3) is 0 Å². The zero-order valence-corrected chi connectivity index (χ0v) is 16.1. The van der Waals surface area contributed by atoms with Crippen LogP contribution in [-0.2, 0) is 25.6 Å². The number of hydrogen-bond donors (Lipinski definition) is 2. The van der Waals surface area contributed by atoms with Crippen LogP contribution in [0, 0.1) is 5.82 Å². The fourth-order valence-electron chi connectivity index (χ4n) is 3.06. The molecule has 3 heterocycles. The number of aromatic nitrogens is 2. The van der Waals surface area contributed by atoms with Gasteiger partial charge in [-0.2, -0.15) is 0 Å². The Kier molecular flexibility index (Phi) is 5.30. The summed E-state index contributed by atoms with van der Waals surface area (Å²) >= 11 is 0. The van der Waals surface area contributed by atoms with Crippen molar-refractivity contribution in [1.82, 2.24) is 15.3 Å². The number of pyridine rings is 1. The van der Waals surface area contributed by atoms with Crippen LogP contribution in [0.15, 0.2) is 66.0 Å². The van der Waals surface area contributed by atoms with Gasteiger partial charge in [-0.3, -0.25) is 4.79 Å². The number of benzene rings is 1. The van der Waals surface area contributed by atoms with E-state index in [-0.39, 0.29) is 36.2 Å². The minimum Gasteiger partial charge on any atom is -0.462 e. The van der Waals surface area contributed by atoms with Crippen molar-refractivity contribution in [2.45, 2.75) is 13.5 Å². The summed E-state index contributed by atoms with van der Waals surface area (Å²) in [5.41, 5.74) is 1.92. The Morgan fingerprint density at radius 2 is 2.10 bits per heavy atom. The molecule has 30 heavy (non-hydrogen) atoms. The Hall–Kier alpha value is -3.94. The molecule has 2 aromatic heterocycles. The number of hydrogen-bond acceptors (Lipinski definition) is 6. The smallest absolute Gasteiger partial charge is 0.347 e. The first-order valence-electron chi connectivity index (χ1n) is 9.33. The lowest BCUT2D eigenvalue weighted by molar-refractivity contribution is -0.139. The summed E-state index contributed by atoms with van der Waals surface area (Å²) in [6.45, 7) is 2.00. The maximum atomic E-state index is 13.1. The normalized spacial score (nSPS) is 15.0. The predicted octanol–water partition coefficient (Wildman–Crippen LogP) is 3.21. The summed E-state index contributed by atoms with van der Waals surface area (Å²) in [5, 5.41) is 3.75. The number of rotatable bonds is 6. The van der Waals surface area contributed by atoms with Crippen LogP contribution in [0.25, 0.3) is 17.1 Å². The molecule has 4 rings (SSSR count). The van der Waals surface area contributed by atoms with Crippen molar-refractivity contribution >= 4 is 28.9 Å². The number of allylic oxidation sites excluding steroid dienone is 1. The van der Waals surface area contributed by atoms with Crippen molar-refractivity contribution in [3.05, 3.63) is 83.0 Å². The third kappa shape index (κ3) is 3.80. The van der Waals surface area contributed by atoms with Gasteiger partial charge >= 0.3 is 5.97 Å². The van der Waals surface area contributed by atoms with E-state index >= 15 is 0 Å². The second-order valence-electron chi connectivity index (χ2n) is 6.49. The number of aromatic amines is 1. The largest absolute Gasteiger partial charge is 0.462 e. The molecule has 1 aliphatic heterocycles. The van der Waals surface area contributed by atoms with E-state index in [0.29, 0.717) is 11.2 Å². The summed E-state index contributed by atoms with van der Waals surface area (Å²) in [7, 11) is 0. The van der Waals surface area contributed by atoms with Crippen LogP contribution in [-0.4, -0.2) is 28.3 Å². The number of ketones is 1. The molecule has 2 N–H and O–H groups in total. The number of nitrogens with one attached hydrogen (secondary N) is 2. The number of esters is 1. The van der Waals surface area contributed by atoms with Crippen LogP contribution < -0.4 is 5.32 Å². The summed E-state index contributed by atoms with van der Waals surface area (Å²) < 4.78 is 23.8. The molecule has 0 fully saturated rings. The number of Topliss-reactive ketones (excluding diaryl/α,β-unsaturated/α-hetero) is 1. The average molecular weight is 407 g/mol. The minimum absolute atomic E-state index is 0.00647. The summed E-state index contributed by atoms with van der Waals surface area (Å²) in [6, 6.07) is 9.49. The van der Waals surface area contributed by atoms with Crippen molar-refractivity contribution in [2.75, 3.05) is 6.61 Å². The van der Waals surface area contributed by atoms with Gasteiger partial charge < -0.3 is 19.8 Å². The predicted molar refractivity (Wildman–Crippen MR) is 107 cm³/mol. The lowest BCUT2D eigenvalue weighted by Gasteiger charge is -2.09. The molecule has 7 nitrogen and oxygen atoms in total. The molecule has 0 saturated carbocycles. The minimum atomic E-state index is -0.770. The molecule has 8 heteroatoms. The number of ether oxygens (including phenoxy) is 2. The first-order valence-corrected chi connectivity index (χ1v) is 9.33. The molecule has 152 valence electrons. The summed E-state index contributed by atoms with van der Waals surface area (Å²) in [4.78, 5) is 32.5. The molecule has 1 aliphatic rings. The maximum absolute atomic E-state index is 13.1. The average Bonchev–Trinajstić information content (AvgIpc) is 3.29. The molecule has 0 spiro atoms. The van der Waals surface area contributed by atoms with Gasteiger partial charge in [-0.15, -0.1) is 0 Å². The molecule has 0 radical (unpaired) electrons. The van der Waals surface area contributed by atoms with Gasteiger partial charge in [0.05, 0.1) is 6.61 Å². The molecule has 0 saturated heterocycles. The Balaban J connectivity index is 1.62. The highest BCUT2D eigenvalue weighted by molar-refractivity contribution is 6.26. The summed E-state index contributed by atoms with van der Waals surface area (Å²) in [5.74, 6) is -1.70. The molecule has 1 aromatic carbocycles. The van der Waals surface area contributed by atoms with E-state index in [1.807, 2.05) is 6.07 Å². The van der Waals surface area contributed by atoms with Crippen molar-refractivity contribution in [3.8, 4) is 0 Å². The van der Waals surface area contributed by atoms with E-state index < -0.39 is 11.8 Å². The van der Waals surface area contributed by atoms with Gasteiger partial charge in [0.15, 0.2) is 11.3 Å². The molecular weight excluding hydrogens is 389 g/mol. The first kappa shape index (κ1) is 19.4. The molecule has 0 unspecified atom stereocenters. The van der Waals surface area contributed by atoms with Crippen molar-refractivity contribution in [3.63, 3.8) is 0 Å². The zero-order valence-electron chi connectivity index (χ0n) is 16.1. The van der Waals surface area contributed by atoms with Crippen LogP contribution in [0.3, 0.4) is 0 Å². The number of H-pyrrole nitrogens is 1. The second-order valence-corrected chi connectivity index (χ2v) is 6.49. The van der Waals surface area contributed by atoms with E-state index in [1.165, 1.54) is 12.1 Å². The van der Waals surface area contributed by atoms with E-state index in [0.717, 1.165) is 10.9 Å². The third-order valence-electron chi connectivity index (χ3n) is 4.51. The highest BCUT2D eigenvalue weighted by Crippen LogP contribution is 2.28. The van der Waals surface area contributed by atoms with Gasteiger partial charge in [0.2, 0.25) is 11.7 Å². The SMILES string of the molecule is CCOC(=O)C1=C(NCc2ccc(F)cc2)O/C(=C\c2c[nH]c3ncccc23)C1=O. The van der Waals surface area contributed by atoms with Gasteiger partial charge in [-0.1, -0.05) is 12.1 Å². The lowest BCUT2D eigenvalue weighted by atomic mass is 10.1. The highest BCUT2D eigenvalue weighted by Gasteiger charge is 2.36. The lowest BCUT2D eigenvalue weighted by Crippen LogP contribution is -2.19. The Labute approximate surface area is 171 Å². The van der Waals surface area contributed by atoms with Crippen LogP contribution >= 0.6 is 0 Å². The van der Waals surface area contributed by atoms with Gasteiger partial charge in [-0.05, 0) is 42.8 Å². The van der Waals surface area contributed by atoms with E-state index in [1.54, 1.807) is 43.6 Å². The van der Waals surface area contributed by atoms with Crippen molar-refractivity contribution < 1.29 is 23.5 Å². The standard InChI is InChI=1S/C22H18FN3O4/c1-2-29-22(28)18-19(27)17(10-14-12-25-20-16(14)4-3-9-24-20)30-21(18)26-11-13-5-7-15(23)8-6-13/h3-10,12,26H,2,11H2,1H3,(H,24,25)/b17-10-. The van der Waals surface area contributed by atoms with Gasteiger partial charge in [-0.25, -0.2) is 14.2 Å². The second kappa shape index (κ2) is 8.20. The quantitative estimate of drug-likeness (QED) is 0.370. The van der Waals surface area contributed by atoms with Crippen molar-refractivity contribution in [2.24, 2.45) is 0 Å². The molecule has 0 bridgehead atoms. The Bertz CT molecular complexity index is 1180. The fourth-order valence-corrected chi connectivity index (χ4v) is 3.06. The number of carbonyl (C=O) groups is 2.